The van der Waals surface area contributed by atoms with E-state index in [1.807, 2.05) is 36.4 Å². The fraction of sp³-hybridized carbons (Fsp3) is 0.286. The van der Waals surface area contributed by atoms with Crippen LogP contribution in [0.25, 0.3) is 0 Å². The number of methoxy groups -OCH3 is 1. The summed E-state index contributed by atoms with van der Waals surface area (Å²) in [5, 5.41) is 0. The van der Waals surface area contributed by atoms with Gasteiger partial charge in [-0.3, -0.25) is 0 Å². The van der Waals surface area contributed by atoms with Crippen molar-refractivity contribution in [2.45, 2.75) is 18.2 Å². The Hall–Kier alpha value is -1.22. The van der Waals surface area contributed by atoms with Gasteiger partial charge in [0, 0.05) is 6.42 Å². The maximum atomic E-state index is 5.73. The summed E-state index contributed by atoms with van der Waals surface area (Å²) in [6.07, 6.45) is 0.919. The minimum absolute atomic E-state index is 0.0914. The summed E-state index contributed by atoms with van der Waals surface area (Å²) in [5.41, 5.74) is 1.16. The van der Waals surface area contributed by atoms with Crippen LogP contribution in [0.1, 0.15) is 28.8 Å². The van der Waals surface area contributed by atoms with Gasteiger partial charge in [-0.15, -0.1) is 0 Å². The number of hydrogen-bond acceptors (Lipinski definition) is 2. The molecule has 0 saturated carbocycles. The summed E-state index contributed by atoms with van der Waals surface area (Å²) in [6.45, 7) is 2.08. The fourth-order valence-corrected chi connectivity index (χ4v) is 2.21. The molecular weight excluding hydrogens is 280 g/mol. The van der Waals surface area contributed by atoms with Gasteiger partial charge >= 0.3 is 0 Å². The normalized spacial score (nSPS) is 12.4. The molecule has 2 nitrogen and oxygen atoms in total. The molecule has 0 fully saturated rings. The lowest BCUT2D eigenvalue weighted by atomic mass is 10.1. The molecular formula is C14H15BrO2. The molecule has 0 saturated heterocycles. The molecule has 2 aromatic rings. The van der Waals surface area contributed by atoms with Gasteiger partial charge in [0.1, 0.15) is 17.3 Å². The second-order valence-electron chi connectivity index (χ2n) is 3.79. The lowest BCUT2D eigenvalue weighted by Gasteiger charge is -2.08. The molecule has 0 radical (unpaired) electrons. The molecule has 1 heterocycles. The van der Waals surface area contributed by atoms with E-state index in [1.165, 1.54) is 0 Å². The molecule has 1 unspecified atom stereocenters. The van der Waals surface area contributed by atoms with E-state index in [0.29, 0.717) is 0 Å². The third-order valence-electron chi connectivity index (χ3n) is 2.69. The van der Waals surface area contributed by atoms with Crippen molar-refractivity contribution >= 4 is 15.9 Å². The topological polar surface area (TPSA) is 22.4 Å². The second kappa shape index (κ2) is 5.41. The summed E-state index contributed by atoms with van der Waals surface area (Å²) >= 11 is 3.65. The lowest BCUT2D eigenvalue weighted by molar-refractivity contribution is 0.414. The van der Waals surface area contributed by atoms with Crippen molar-refractivity contribution in [1.29, 1.82) is 0 Å². The van der Waals surface area contributed by atoms with Crippen LogP contribution in [0, 0.1) is 0 Å². The number of benzene rings is 1. The van der Waals surface area contributed by atoms with Crippen LogP contribution in [0.2, 0.25) is 0 Å². The molecule has 0 bridgehead atoms. The summed E-state index contributed by atoms with van der Waals surface area (Å²) in [4.78, 5) is 0.0914. The zero-order chi connectivity index (χ0) is 12.3. The van der Waals surface area contributed by atoms with E-state index in [9.17, 15) is 0 Å². The number of furan rings is 1. The van der Waals surface area contributed by atoms with Crippen molar-refractivity contribution in [3.05, 3.63) is 53.5 Å². The van der Waals surface area contributed by atoms with Gasteiger partial charge in [-0.1, -0.05) is 35.0 Å². The average Bonchev–Trinajstić information content (AvgIpc) is 2.87. The molecule has 3 heteroatoms. The van der Waals surface area contributed by atoms with E-state index in [-0.39, 0.29) is 4.83 Å². The van der Waals surface area contributed by atoms with Gasteiger partial charge in [0.2, 0.25) is 0 Å². The molecule has 90 valence electrons. The molecule has 1 atom stereocenters. The maximum Gasteiger partial charge on any atom is 0.122 e. The van der Waals surface area contributed by atoms with Crippen LogP contribution in [-0.4, -0.2) is 7.11 Å². The monoisotopic (exact) mass is 294 g/mol. The Morgan fingerprint density at radius 3 is 2.41 bits per heavy atom. The first kappa shape index (κ1) is 12.2. The number of ether oxygens (including phenoxy) is 1. The standard InChI is InChI=1S/C14H15BrO2/c1-3-11-8-9-13(17-11)14(15)10-4-6-12(16-2)7-5-10/h4-9,14H,3H2,1-2H3. The Morgan fingerprint density at radius 1 is 1.18 bits per heavy atom. The van der Waals surface area contributed by atoms with E-state index >= 15 is 0 Å². The highest BCUT2D eigenvalue weighted by Crippen LogP contribution is 2.32. The predicted octanol–water partition coefficient (Wildman–Crippen LogP) is 4.33. The van der Waals surface area contributed by atoms with Gasteiger partial charge in [0.15, 0.2) is 0 Å². The van der Waals surface area contributed by atoms with Gasteiger partial charge in [-0.2, -0.15) is 0 Å². The van der Waals surface area contributed by atoms with Crippen molar-refractivity contribution in [3.63, 3.8) is 0 Å². The molecule has 1 aromatic carbocycles. The van der Waals surface area contributed by atoms with Crippen LogP contribution in [0.15, 0.2) is 40.8 Å². The largest absolute Gasteiger partial charge is 0.497 e. The summed E-state index contributed by atoms with van der Waals surface area (Å²) in [6, 6.07) is 12.0. The Bertz CT molecular complexity index is 473. The van der Waals surface area contributed by atoms with E-state index in [1.54, 1.807) is 7.11 Å². The van der Waals surface area contributed by atoms with E-state index in [2.05, 4.69) is 22.9 Å². The van der Waals surface area contributed by atoms with Gasteiger partial charge in [-0.25, -0.2) is 0 Å². The van der Waals surface area contributed by atoms with Crippen LogP contribution < -0.4 is 4.74 Å². The Labute approximate surface area is 110 Å². The molecule has 0 aliphatic rings. The van der Waals surface area contributed by atoms with E-state index < -0.39 is 0 Å². The minimum atomic E-state index is 0.0914. The molecule has 2 rings (SSSR count). The molecule has 0 aliphatic heterocycles. The predicted molar refractivity (Wildman–Crippen MR) is 71.9 cm³/mol. The molecule has 1 aromatic heterocycles. The third kappa shape index (κ3) is 2.72. The SMILES string of the molecule is CCc1ccc(C(Br)c2ccc(OC)cc2)o1. The quantitative estimate of drug-likeness (QED) is 0.783. The van der Waals surface area contributed by atoms with Crippen molar-refractivity contribution in [3.8, 4) is 5.75 Å². The highest BCUT2D eigenvalue weighted by Gasteiger charge is 2.14. The number of hydrogen-bond donors (Lipinski definition) is 0. The zero-order valence-electron chi connectivity index (χ0n) is 9.94. The van der Waals surface area contributed by atoms with Crippen LogP contribution >= 0.6 is 15.9 Å². The first-order valence-corrected chi connectivity index (χ1v) is 6.52. The maximum absolute atomic E-state index is 5.73. The lowest BCUT2D eigenvalue weighted by Crippen LogP contribution is -1.91. The summed E-state index contributed by atoms with van der Waals surface area (Å²) < 4.78 is 10.9. The van der Waals surface area contributed by atoms with Crippen LogP contribution in [0.3, 0.4) is 0 Å². The molecule has 17 heavy (non-hydrogen) atoms. The number of alkyl halides is 1. The van der Waals surface area contributed by atoms with Gasteiger partial charge < -0.3 is 9.15 Å². The highest BCUT2D eigenvalue weighted by molar-refractivity contribution is 9.09. The zero-order valence-corrected chi connectivity index (χ0v) is 11.5. The fourth-order valence-electron chi connectivity index (χ4n) is 1.66. The summed E-state index contributed by atoms with van der Waals surface area (Å²) in [5.74, 6) is 2.81. The summed E-state index contributed by atoms with van der Waals surface area (Å²) in [7, 11) is 1.67. The molecule has 0 spiro atoms. The first-order chi connectivity index (χ1) is 8.24. The minimum Gasteiger partial charge on any atom is -0.497 e. The smallest absolute Gasteiger partial charge is 0.122 e. The van der Waals surface area contributed by atoms with Crippen molar-refractivity contribution < 1.29 is 9.15 Å². The first-order valence-electron chi connectivity index (χ1n) is 5.61. The molecule has 0 amide bonds. The molecule has 0 N–H and O–H groups in total. The van der Waals surface area contributed by atoms with E-state index in [4.69, 9.17) is 9.15 Å². The van der Waals surface area contributed by atoms with Crippen LogP contribution in [0.5, 0.6) is 5.75 Å². The number of rotatable bonds is 4. The Morgan fingerprint density at radius 2 is 1.88 bits per heavy atom. The van der Waals surface area contributed by atoms with Crippen molar-refractivity contribution in [1.82, 2.24) is 0 Å². The third-order valence-corrected chi connectivity index (χ3v) is 3.67. The van der Waals surface area contributed by atoms with Gasteiger partial charge in [-0.05, 0) is 29.8 Å². The Kier molecular flexibility index (Phi) is 3.89. The van der Waals surface area contributed by atoms with Crippen molar-refractivity contribution in [2.75, 3.05) is 7.11 Å². The number of aryl methyl sites for hydroxylation is 1. The van der Waals surface area contributed by atoms with Gasteiger partial charge in [0.25, 0.3) is 0 Å². The molecule has 0 aliphatic carbocycles. The highest BCUT2D eigenvalue weighted by atomic mass is 79.9. The van der Waals surface area contributed by atoms with Gasteiger partial charge in [0.05, 0.1) is 11.9 Å². The van der Waals surface area contributed by atoms with Crippen LogP contribution in [-0.2, 0) is 6.42 Å². The van der Waals surface area contributed by atoms with Crippen LogP contribution in [0.4, 0.5) is 0 Å². The average molecular weight is 295 g/mol. The second-order valence-corrected chi connectivity index (χ2v) is 4.71. The number of halogens is 1. The van der Waals surface area contributed by atoms with E-state index in [0.717, 1.165) is 29.3 Å². The van der Waals surface area contributed by atoms with Crippen molar-refractivity contribution in [2.24, 2.45) is 0 Å². The Balaban J connectivity index is 2.20.